The Hall–Kier alpha value is -1.02. The van der Waals surface area contributed by atoms with Gasteiger partial charge in [-0.15, -0.1) is 11.3 Å². The number of halogens is 1. The summed E-state index contributed by atoms with van der Waals surface area (Å²) < 4.78 is 0.962. The molecule has 0 saturated carbocycles. The van der Waals surface area contributed by atoms with Gasteiger partial charge in [-0.05, 0) is 25.1 Å². The van der Waals surface area contributed by atoms with Crippen molar-refractivity contribution in [2.45, 2.75) is 16.2 Å². The lowest BCUT2D eigenvalue weighted by Gasteiger charge is -2.00. The summed E-state index contributed by atoms with van der Waals surface area (Å²) in [5.74, 6) is 0. The van der Waals surface area contributed by atoms with Crippen molar-refractivity contribution in [2.75, 3.05) is 0 Å². The standard InChI is InChI=1S/C11H7ClN2S2/c1-7-6-15-11(14-7)16-10-3-2-8(5-13)4-9(10)12/h2-4,6H,1H3. The van der Waals surface area contributed by atoms with E-state index in [9.17, 15) is 0 Å². The third-order valence-corrected chi connectivity index (χ3v) is 4.41. The van der Waals surface area contributed by atoms with Crippen molar-refractivity contribution >= 4 is 34.7 Å². The number of rotatable bonds is 2. The predicted octanol–water partition coefficient (Wildman–Crippen LogP) is 4.13. The number of aryl methyl sites for hydroxylation is 1. The Morgan fingerprint density at radius 2 is 2.31 bits per heavy atom. The number of thiazole rings is 1. The van der Waals surface area contributed by atoms with Crippen molar-refractivity contribution in [1.29, 1.82) is 5.26 Å². The van der Waals surface area contributed by atoms with Crippen molar-refractivity contribution in [2.24, 2.45) is 0 Å². The summed E-state index contributed by atoms with van der Waals surface area (Å²) >= 11 is 9.18. The first kappa shape index (κ1) is 11.5. The molecule has 1 aromatic heterocycles. The van der Waals surface area contributed by atoms with Crippen molar-refractivity contribution in [3.63, 3.8) is 0 Å². The van der Waals surface area contributed by atoms with Crippen LogP contribution >= 0.6 is 34.7 Å². The maximum Gasteiger partial charge on any atom is 0.154 e. The van der Waals surface area contributed by atoms with E-state index >= 15 is 0 Å². The highest BCUT2D eigenvalue weighted by Crippen LogP contribution is 2.35. The molecule has 0 aliphatic rings. The van der Waals surface area contributed by atoms with Crippen molar-refractivity contribution in [1.82, 2.24) is 4.98 Å². The summed E-state index contributed by atoms with van der Waals surface area (Å²) in [6.45, 7) is 1.96. The van der Waals surface area contributed by atoms with Crippen molar-refractivity contribution < 1.29 is 0 Å². The third-order valence-electron chi connectivity index (χ3n) is 1.86. The van der Waals surface area contributed by atoms with Gasteiger partial charge >= 0.3 is 0 Å². The summed E-state index contributed by atoms with van der Waals surface area (Å²) in [4.78, 5) is 5.27. The highest BCUT2D eigenvalue weighted by molar-refractivity contribution is 8.01. The summed E-state index contributed by atoms with van der Waals surface area (Å²) in [5.41, 5.74) is 1.59. The molecule has 0 fully saturated rings. The zero-order valence-corrected chi connectivity index (χ0v) is 10.8. The van der Waals surface area contributed by atoms with E-state index in [2.05, 4.69) is 11.1 Å². The summed E-state index contributed by atoms with van der Waals surface area (Å²) in [5, 5.41) is 11.3. The zero-order chi connectivity index (χ0) is 11.5. The molecule has 0 amide bonds. The highest BCUT2D eigenvalue weighted by Gasteiger charge is 2.06. The van der Waals surface area contributed by atoms with Gasteiger partial charge in [-0.1, -0.05) is 23.4 Å². The molecule has 0 spiro atoms. The molecule has 1 aromatic carbocycles. The molecule has 2 nitrogen and oxygen atoms in total. The second kappa shape index (κ2) is 4.88. The van der Waals surface area contributed by atoms with Crippen molar-refractivity contribution in [3.8, 4) is 6.07 Å². The van der Waals surface area contributed by atoms with E-state index in [-0.39, 0.29) is 0 Å². The van der Waals surface area contributed by atoms with Crippen LogP contribution in [0.3, 0.4) is 0 Å². The van der Waals surface area contributed by atoms with Crippen LogP contribution in [0.5, 0.6) is 0 Å². The van der Waals surface area contributed by atoms with E-state index in [0.29, 0.717) is 10.6 Å². The monoisotopic (exact) mass is 266 g/mol. The molecule has 80 valence electrons. The first-order valence-corrected chi connectivity index (χ1v) is 6.56. The molecule has 0 aliphatic carbocycles. The number of nitrogens with zero attached hydrogens (tertiary/aromatic N) is 2. The Kier molecular flexibility index (Phi) is 3.49. The zero-order valence-electron chi connectivity index (χ0n) is 8.40. The van der Waals surface area contributed by atoms with Gasteiger partial charge in [0.1, 0.15) is 0 Å². The summed E-state index contributed by atoms with van der Waals surface area (Å²) in [6.07, 6.45) is 0. The molecule has 0 saturated heterocycles. The van der Waals surface area contributed by atoms with Gasteiger partial charge in [0, 0.05) is 16.0 Å². The molecule has 0 radical (unpaired) electrons. The largest absolute Gasteiger partial charge is 0.235 e. The van der Waals surface area contributed by atoms with Gasteiger partial charge in [0.25, 0.3) is 0 Å². The normalized spacial score (nSPS) is 10.1. The Morgan fingerprint density at radius 1 is 1.50 bits per heavy atom. The van der Waals surface area contributed by atoms with E-state index in [1.54, 1.807) is 23.5 Å². The lowest BCUT2D eigenvalue weighted by atomic mass is 10.2. The van der Waals surface area contributed by atoms with Gasteiger partial charge in [-0.25, -0.2) is 4.98 Å². The maximum absolute atomic E-state index is 8.72. The fraction of sp³-hybridized carbons (Fsp3) is 0.0909. The molecule has 2 aromatic rings. The number of hydrogen-bond acceptors (Lipinski definition) is 4. The smallest absolute Gasteiger partial charge is 0.154 e. The van der Waals surface area contributed by atoms with Crippen LogP contribution in [0.15, 0.2) is 32.8 Å². The Labute approximate surface area is 107 Å². The van der Waals surface area contributed by atoms with E-state index in [1.165, 1.54) is 11.8 Å². The fourth-order valence-electron chi connectivity index (χ4n) is 1.13. The Balaban J connectivity index is 2.26. The topological polar surface area (TPSA) is 36.7 Å². The van der Waals surface area contributed by atoms with E-state index in [4.69, 9.17) is 16.9 Å². The first-order chi connectivity index (χ1) is 7.69. The quantitative estimate of drug-likeness (QED) is 0.820. The molecule has 2 rings (SSSR count). The van der Waals surface area contributed by atoms with Gasteiger partial charge in [-0.2, -0.15) is 5.26 Å². The van der Waals surface area contributed by atoms with E-state index in [0.717, 1.165) is 14.9 Å². The summed E-state index contributed by atoms with van der Waals surface area (Å²) in [7, 11) is 0. The van der Waals surface area contributed by atoms with Gasteiger partial charge in [0.2, 0.25) is 0 Å². The number of nitriles is 1. The third kappa shape index (κ3) is 2.56. The molecule has 0 aliphatic heterocycles. The van der Waals surface area contributed by atoms with Crippen LogP contribution in [0.4, 0.5) is 0 Å². The minimum Gasteiger partial charge on any atom is -0.235 e. The molecular weight excluding hydrogens is 260 g/mol. The number of aromatic nitrogens is 1. The minimum absolute atomic E-state index is 0.574. The van der Waals surface area contributed by atoms with Crippen LogP contribution in [0.1, 0.15) is 11.3 Å². The van der Waals surface area contributed by atoms with E-state index in [1.807, 2.05) is 18.4 Å². The van der Waals surface area contributed by atoms with Gasteiger partial charge < -0.3 is 0 Å². The van der Waals surface area contributed by atoms with Gasteiger partial charge in [0.05, 0.1) is 16.7 Å². The first-order valence-electron chi connectivity index (χ1n) is 4.48. The number of benzene rings is 1. The van der Waals surface area contributed by atoms with Crippen LogP contribution < -0.4 is 0 Å². The lowest BCUT2D eigenvalue weighted by Crippen LogP contribution is -1.78. The lowest BCUT2D eigenvalue weighted by molar-refractivity contribution is 1.16. The average Bonchev–Trinajstić information content (AvgIpc) is 2.67. The fourth-order valence-corrected chi connectivity index (χ4v) is 3.22. The van der Waals surface area contributed by atoms with Gasteiger partial charge in [0.15, 0.2) is 4.34 Å². The SMILES string of the molecule is Cc1csc(Sc2ccc(C#N)cc2Cl)n1. The second-order valence-corrected chi connectivity index (χ2v) is 5.67. The molecule has 0 bridgehead atoms. The van der Waals surface area contributed by atoms with Crippen LogP contribution in [0.2, 0.25) is 5.02 Å². The number of hydrogen-bond donors (Lipinski definition) is 0. The van der Waals surface area contributed by atoms with Crippen LogP contribution in [-0.4, -0.2) is 4.98 Å². The molecule has 0 unspecified atom stereocenters. The predicted molar refractivity (Wildman–Crippen MR) is 67.1 cm³/mol. The highest BCUT2D eigenvalue weighted by atomic mass is 35.5. The minimum atomic E-state index is 0.574. The van der Waals surface area contributed by atoms with E-state index < -0.39 is 0 Å². The second-order valence-electron chi connectivity index (χ2n) is 3.11. The summed E-state index contributed by atoms with van der Waals surface area (Å²) in [6, 6.07) is 7.34. The Morgan fingerprint density at radius 3 is 2.88 bits per heavy atom. The molecular formula is C11H7ClN2S2. The van der Waals surface area contributed by atoms with Crippen LogP contribution in [-0.2, 0) is 0 Å². The van der Waals surface area contributed by atoms with Crippen LogP contribution in [0.25, 0.3) is 0 Å². The van der Waals surface area contributed by atoms with Crippen LogP contribution in [0, 0.1) is 18.3 Å². The molecule has 5 heteroatoms. The van der Waals surface area contributed by atoms with Crippen molar-refractivity contribution in [3.05, 3.63) is 39.9 Å². The van der Waals surface area contributed by atoms with Gasteiger partial charge in [-0.3, -0.25) is 0 Å². The molecule has 16 heavy (non-hydrogen) atoms. The Bertz CT molecular complexity index is 557. The maximum atomic E-state index is 8.72. The molecule has 0 atom stereocenters. The molecule has 1 heterocycles. The molecule has 0 N–H and O–H groups in total. The average molecular weight is 267 g/mol.